The van der Waals surface area contributed by atoms with E-state index in [1.165, 1.54) is 24.1 Å². The lowest BCUT2D eigenvalue weighted by Crippen LogP contribution is -2.06. The fourth-order valence-electron chi connectivity index (χ4n) is 5.03. The molecule has 0 bridgehead atoms. The number of hydrogen-bond acceptors (Lipinski definition) is 4. The number of aryl methyl sites for hydroxylation is 1. The van der Waals surface area contributed by atoms with Gasteiger partial charge >= 0.3 is 5.97 Å². The molecule has 0 fully saturated rings. The predicted molar refractivity (Wildman–Crippen MR) is 137 cm³/mol. The van der Waals surface area contributed by atoms with Crippen LogP contribution < -0.4 is 9.47 Å². The zero-order valence-electron chi connectivity index (χ0n) is 21.0. The quantitative estimate of drug-likeness (QED) is 0.316. The second kappa shape index (κ2) is 11.4. The number of unbranched alkanes of at least 4 members (excludes halogenated alkanes) is 2. The third kappa shape index (κ3) is 5.87. The number of aromatic nitrogens is 2. The second-order valence-corrected chi connectivity index (χ2v) is 9.35. The third-order valence-electron chi connectivity index (χ3n) is 7.00. The minimum atomic E-state index is -0.735. The summed E-state index contributed by atoms with van der Waals surface area (Å²) >= 11 is 0. The van der Waals surface area contributed by atoms with Gasteiger partial charge in [0.25, 0.3) is 0 Å². The summed E-state index contributed by atoms with van der Waals surface area (Å²) in [4.78, 5) is 16.1. The van der Waals surface area contributed by atoms with Crippen LogP contribution in [0.1, 0.15) is 67.5 Å². The SMILES string of the molecule is CCCCCn1c(-c2ccc(OC)cc2)nc(CCOc2ccc3c(c2)CCC3CC(=O)O)c1C. The zero-order chi connectivity index (χ0) is 24.8. The Bertz CT molecular complexity index is 1150. The van der Waals surface area contributed by atoms with Crippen LogP contribution in [-0.2, 0) is 24.2 Å². The summed E-state index contributed by atoms with van der Waals surface area (Å²) in [6.45, 7) is 5.88. The number of ether oxygens (including phenoxy) is 2. The predicted octanol–water partition coefficient (Wildman–Crippen LogP) is 6.18. The molecule has 0 amide bonds. The standard InChI is InChI=1S/C29H36N2O4/c1-4-5-6-16-31-20(2)27(30-29(31)21-9-11-24(34-3)12-10-21)15-17-35-25-13-14-26-22(18-25)7-8-23(26)19-28(32)33/h9-14,18,23H,4-8,15-17,19H2,1-3H3,(H,32,33). The van der Waals surface area contributed by atoms with E-state index in [0.717, 1.165) is 66.4 Å². The van der Waals surface area contributed by atoms with Crippen molar-refractivity contribution >= 4 is 5.97 Å². The first-order chi connectivity index (χ1) is 17.0. The molecule has 1 heterocycles. The molecular weight excluding hydrogens is 440 g/mol. The minimum Gasteiger partial charge on any atom is -0.497 e. The Hall–Kier alpha value is -3.28. The molecule has 186 valence electrons. The summed E-state index contributed by atoms with van der Waals surface area (Å²) in [5.74, 6) is 2.06. The number of imidazole rings is 1. The monoisotopic (exact) mass is 476 g/mol. The number of carboxylic acid groups (broad SMARTS) is 1. The van der Waals surface area contributed by atoms with Gasteiger partial charge in [0.2, 0.25) is 0 Å². The molecule has 0 saturated carbocycles. The van der Waals surface area contributed by atoms with E-state index in [4.69, 9.17) is 19.6 Å². The summed E-state index contributed by atoms with van der Waals surface area (Å²) in [6.07, 6.45) is 6.25. The van der Waals surface area contributed by atoms with E-state index in [9.17, 15) is 4.79 Å². The van der Waals surface area contributed by atoms with Crippen LogP contribution in [0, 0.1) is 6.92 Å². The number of methoxy groups -OCH3 is 1. The Kier molecular flexibility index (Phi) is 8.11. The first kappa shape index (κ1) is 24.8. The van der Waals surface area contributed by atoms with Crippen molar-refractivity contribution in [2.75, 3.05) is 13.7 Å². The van der Waals surface area contributed by atoms with Gasteiger partial charge in [0.05, 0.1) is 25.8 Å². The van der Waals surface area contributed by atoms with Gasteiger partial charge in [-0.05, 0) is 79.6 Å². The molecule has 1 aliphatic rings. The maximum Gasteiger partial charge on any atom is 0.303 e. The number of fused-ring (bicyclic) bond motifs is 1. The van der Waals surface area contributed by atoms with Gasteiger partial charge in [-0.15, -0.1) is 0 Å². The highest BCUT2D eigenvalue weighted by atomic mass is 16.5. The van der Waals surface area contributed by atoms with E-state index in [-0.39, 0.29) is 12.3 Å². The van der Waals surface area contributed by atoms with Crippen molar-refractivity contribution in [1.82, 2.24) is 9.55 Å². The summed E-state index contributed by atoms with van der Waals surface area (Å²) < 4.78 is 13.8. The van der Waals surface area contributed by atoms with Crippen molar-refractivity contribution in [2.24, 2.45) is 0 Å². The Morgan fingerprint density at radius 3 is 2.63 bits per heavy atom. The van der Waals surface area contributed by atoms with Crippen LogP contribution in [0.2, 0.25) is 0 Å². The summed E-state index contributed by atoms with van der Waals surface area (Å²) in [5, 5.41) is 9.14. The number of nitrogens with zero attached hydrogens (tertiary/aromatic N) is 2. The van der Waals surface area contributed by atoms with Gasteiger partial charge in [-0.2, -0.15) is 0 Å². The largest absolute Gasteiger partial charge is 0.497 e. The topological polar surface area (TPSA) is 73.6 Å². The van der Waals surface area contributed by atoms with E-state index in [2.05, 4.69) is 36.6 Å². The van der Waals surface area contributed by atoms with Crippen LogP contribution in [-0.4, -0.2) is 34.3 Å². The number of aliphatic carboxylic acids is 1. The Morgan fingerprint density at radius 2 is 1.91 bits per heavy atom. The highest BCUT2D eigenvalue weighted by Gasteiger charge is 2.25. The van der Waals surface area contributed by atoms with Gasteiger partial charge in [0.15, 0.2) is 0 Å². The number of carboxylic acids is 1. The molecule has 6 nitrogen and oxygen atoms in total. The van der Waals surface area contributed by atoms with Gasteiger partial charge in [0.1, 0.15) is 17.3 Å². The molecule has 1 aliphatic carbocycles. The van der Waals surface area contributed by atoms with E-state index >= 15 is 0 Å². The summed E-state index contributed by atoms with van der Waals surface area (Å²) in [7, 11) is 1.68. The first-order valence-corrected chi connectivity index (χ1v) is 12.7. The van der Waals surface area contributed by atoms with Crippen LogP contribution in [0.15, 0.2) is 42.5 Å². The van der Waals surface area contributed by atoms with Crippen molar-refractivity contribution in [1.29, 1.82) is 0 Å². The van der Waals surface area contributed by atoms with Crippen LogP contribution in [0.4, 0.5) is 0 Å². The van der Waals surface area contributed by atoms with E-state index in [1.807, 2.05) is 24.3 Å². The molecule has 1 N–H and O–H groups in total. The van der Waals surface area contributed by atoms with E-state index < -0.39 is 5.97 Å². The minimum absolute atomic E-state index is 0.118. The molecule has 35 heavy (non-hydrogen) atoms. The molecule has 2 aromatic carbocycles. The number of rotatable bonds is 12. The number of hydrogen-bond donors (Lipinski definition) is 1. The molecule has 1 atom stereocenters. The lowest BCUT2D eigenvalue weighted by Gasteiger charge is -2.11. The molecule has 1 aromatic heterocycles. The fraction of sp³-hybridized carbons (Fsp3) is 0.448. The molecule has 0 aliphatic heterocycles. The van der Waals surface area contributed by atoms with Gasteiger partial charge in [-0.25, -0.2) is 4.98 Å². The summed E-state index contributed by atoms with van der Waals surface area (Å²) in [6, 6.07) is 14.2. The van der Waals surface area contributed by atoms with Crippen molar-refractivity contribution in [3.63, 3.8) is 0 Å². The van der Waals surface area contributed by atoms with Gasteiger partial charge in [-0.1, -0.05) is 25.8 Å². The van der Waals surface area contributed by atoms with Crippen molar-refractivity contribution < 1.29 is 19.4 Å². The zero-order valence-corrected chi connectivity index (χ0v) is 21.0. The van der Waals surface area contributed by atoms with Crippen LogP contribution in [0.25, 0.3) is 11.4 Å². The molecule has 0 saturated heterocycles. The third-order valence-corrected chi connectivity index (χ3v) is 7.00. The molecule has 3 aromatic rings. The van der Waals surface area contributed by atoms with Crippen LogP contribution in [0.5, 0.6) is 11.5 Å². The van der Waals surface area contributed by atoms with Crippen LogP contribution >= 0.6 is 0 Å². The first-order valence-electron chi connectivity index (χ1n) is 12.7. The normalized spacial score (nSPS) is 14.7. The van der Waals surface area contributed by atoms with Gasteiger partial charge in [-0.3, -0.25) is 4.79 Å². The molecule has 0 radical (unpaired) electrons. The highest BCUT2D eigenvalue weighted by molar-refractivity contribution is 5.68. The smallest absolute Gasteiger partial charge is 0.303 e. The fourth-order valence-corrected chi connectivity index (χ4v) is 5.03. The average molecular weight is 477 g/mol. The second-order valence-electron chi connectivity index (χ2n) is 9.35. The van der Waals surface area contributed by atoms with Crippen molar-refractivity contribution in [3.8, 4) is 22.9 Å². The van der Waals surface area contributed by atoms with E-state index in [1.54, 1.807) is 7.11 Å². The van der Waals surface area contributed by atoms with Crippen molar-refractivity contribution in [3.05, 3.63) is 65.0 Å². The maximum absolute atomic E-state index is 11.1. The Morgan fingerprint density at radius 1 is 1.14 bits per heavy atom. The molecular formula is C29H36N2O4. The average Bonchev–Trinajstić information content (AvgIpc) is 3.39. The summed E-state index contributed by atoms with van der Waals surface area (Å²) in [5.41, 5.74) is 5.72. The van der Waals surface area contributed by atoms with Gasteiger partial charge in [0, 0.05) is 24.2 Å². The lowest BCUT2D eigenvalue weighted by molar-refractivity contribution is -0.137. The van der Waals surface area contributed by atoms with Gasteiger partial charge < -0.3 is 19.1 Å². The lowest BCUT2D eigenvalue weighted by atomic mass is 9.98. The number of carbonyl (C=O) groups is 1. The van der Waals surface area contributed by atoms with E-state index in [0.29, 0.717) is 6.61 Å². The molecule has 0 spiro atoms. The maximum atomic E-state index is 11.1. The number of benzene rings is 2. The van der Waals surface area contributed by atoms with Crippen molar-refractivity contribution in [2.45, 2.75) is 71.3 Å². The molecule has 6 heteroatoms. The Labute approximate surface area is 207 Å². The van der Waals surface area contributed by atoms with Crippen LogP contribution in [0.3, 0.4) is 0 Å². The molecule has 4 rings (SSSR count). The Balaban J connectivity index is 1.45. The molecule has 1 unspecified atom stereocenters. The highest BCUT2D eigenvalue weighted by Crippen LogP contribution is 2.37.